The van der Waals surface area contributed by atoms with Gasteiger partial charge in [-0.05, 0) is 0 Å². The molecule has 0 saturated heterocycles. The monoisotopic (exact) mass is 346 g/mol. The molecule has 0 aliphatic carbocycles. The predicted octanol–water partition coefficient (Wildman–Crippen LogP) is 2.38. The van der Waals surface area contributed by atoms with Crippen LogP contribution in [0.25, 0.3) is 11.0 Å². The second-order valence-corrected chi connectivity index (χ2v) is 7.31. The van der Waals surface area contributed by atoms with Crippen molar-refractivity contribution < 1.29 is 9.32 Å². The lowest BCUT2D eigenvalue weighted by atomic mass is 9.92. The van der Waals surface area contributed by atoms with E-state index in [0.717, 1.165) is 21.8 Å². The van der Waals surface area contributed by atoms with Crippen LogP contribution in [0.2, 0.25) is 0 Å². The normalized spacial score (nSPS) is 11.8. The zero-order valence-corrected chi connectivity index (χ0v) is 14.7. The van der Waals surface area contributed by atoms with Crippen molar-refractivity contribution in [2.75, 3.05) is 11.1 Å². The summed E-state index contributed by atoms with van der Waals surface area (Å²) < 4.78 is 6.83. The molecule has 1 amide bonds. The van der Waals surface area contributed by atoms with Gasteiger partial charge in [0, 0.05) is 18.5 Å². The van der Waals surface area contributed by atoms with E-state index >= 15 is 0 Å². The first kappa shape index (κ1) is 16.4. The van der Waals surface area contributed by atoms with Crippen LogP contribution in [0.4, 0.5) is 5.88 Å². The van der Waals surface area contributed by atoms with Gasteiger partial charge in [-0.1, -0.05) is 37.7 Å². The number of nitrogens with zero attached hydrogens (tertiary/aromatic N) is 5. The molecule has 0 fully saturated rings. The van der Waals surface area contributed by atoms with Gasteiger partial charge in [0.25, 0.3) is 0 Å². The summed E-state index contributed by atoms with van der Waals surface area (Å²) in [6.07, 6.45) is 3.16. The molecule has 0 atom stereocenters. The van der Waals surface area contributed by atoms with Gasteiger partial charge in [-0.25, -0.2) is 9.97 Å². The van der Waals surface area contributed by atoms with E-state index in [1.807, 2.05) is 27.8 Å². The fourth-order valence-corrected chi connectivity index (χ4v) is 2.81. The number of thioether (sulfide) groups is 1. The molecular weight excluding hydrogens is 328 g/mol. The smallest absolute Gasteiger partial charge is 0.237 e. The molecule has 1 N–H and O–H groups in total. The van der Waals surface area contributed by atoms with E-state index in [0.29, 0.717) is 5.88 Å². The third-order valence-electron chi connectivity index (χ3n) is 3.37. The number of hydrogen-bond acceptors (Lipinski definition) is 7. The molecule has 0 aliphatic heterocycles. The maximum atomic E-state index is 12.1. The van der Waals surface area contributed by atoms with E-state index in [4.69, 9.17) is 4.52 Å². The number of hydrogen-bond donors (Lipinski definition) is 1. The SMILES string of the molecule is Cn1ncc2c(SCC(=O)Nc3cc(C(C)(C)C)no3)ncnc21. The van der Waals surface area contributed by atoms with Gasteiger partial charge in [-0.2, -0.15) is 5.10 Å². The summed E-state index contributed by atoms with van der Waals surface area (Å²) >= 11 is 1.32. The fraction of sp³-hybridized carbons (Fsp3) is 0.400. The molecule has 24 heavy (non-hydrogen) atoms. The second-order valence-electron chi connectivity index (χ2n) is 6.35. The van der Waals surface area contributed by atoms with Crippen LogP contribution in [-0.4, -0.2) is 36.6 Å². The zero-order valence-electron chi connectivity index (χ0n) is 13.9. The number of rotatable bonds is 4. The largest absolute Gasteiger partial charge is 0.338 e. The van der Waals surface area contributed by atoms with Gasteiger partial charge in [0.1, 0.15) is 11.4 Å². The Kier molecular flexibility index (Phi) is 4.27. The van der Waals surface area contributed by atoms with Gasteiger partial charge < -0.3 is 4.52 Å². The van der Waals surface area contributed by atoms with Crippen molar-refractivity contribution in [3.8, 4) is 0 Å². The number of carbonyl (C=O) groups excluding carboxylic acids is 1. The average Bonchev–Trinajstić information content (AvgIpc) is 3.13. The van der Waals surface area contributed by atoms with Crippen molar-refractivity contribution in [1.82, 2.24) is 24.9 Å². The zero-order chi connectivity index (χ0) is 17.3. The molecule has 0 bridgehead atoms. The van der Waals surface area contributed by atoms with Gasteiger partial charge in [-0.15, -0.1) is 0 Å². The highest BCUT2D eigenvalue weighted by Crippen LogP contribution is 2.25. The lowest BCUT2D eigenvalue weighted by Gasteiger charge is -2.12. The number of aromatic nitrogens is 5. The van der Waals surface area contributed by atoms with Gasteiger partial charge in [0.05, 0.1) is 23.0 Å². The highest BCUT2D eigenvalue weighted by molar-refractivity contribution is 8.00. The Hall–Kier alpha value is -2.42. The first-order valence-corrected chi connectivity index (χ1v) is 8.36. The van der Waals surface area contributed by atoms with E-state index in [1.165, 1.54) is 18.1 Å². The Balaban J connectivity index is 1.64. The van der Waals surface area contributed by atoms with Crippen LogP contribution in [0.3, 0.4) is 0 Å². The second kappa shape index (κ2) is 6.23. The molecule has 8 nitrogen and oxygen atoms in total. The summed E-state index contributed by atoms with van der Waals surface area (Å²) in [5, 5.41) is 12.4. The summed E-state index contributed by atoms with van der Waals surface area (Å²) in [6.45, 7) is 6.09. The van der Waals surface area contributed by atoms with Crippen LogP contribution in [0.15, 0.2) is 28.1 Å². The summed E-state index contributed by atoms with van der Waals surface area (Å²) in [7, 11) is 1.81. The van der Waals surface area contributed by atoms with Crippen LogP contribution in [0, 0.1) is 0 Å². The molecule has 3 aromatic heterocycles. The minimum atomic E-state index is -0.188. The van der Waals surface area contributed by atoms with Crippen molar-refractivity contribution in [3.05, 3.63) is 24.3 Å². The summed E-state index contributed by atoms with van der Waals surface area (Å²) in [4.78, 5) is 20.5. The van der Waals surface area contributed by atoms with Crippen molar-refractivity contribution in [2.24, 2.45) is 7.05 Å². The molecule has 0 saturated carbocycles. The van der Waals surface area contributed by atoms with Crippen LogP contribution in [-0.2, 0) is 17.3 Å². The Morgan fingerprint density at radius 2 is 2.17 bits per heavy atom. The van der Waals surface area contributed by atoms with Gasteiger partial charge in [0.15, 0.2) is 5.65 Å². The van der Waals surface area contributed by atoms with E-state index in [9.17, 15) is 4.79 Å². The number of nitrogens with one attached hydrogen (secondary N) is 1. The Labute approximate surface area is 143 Å². The van der Waals surface area contributed by atoms with E-state index in [-0.39, 0.29) is 17.1 Å². The summed E-state index contributed by atoms with van der Waals surface area (Å²) in [5.41, 5.74) is 1.39. The third-order valence-corrected chi connectivity index (χ3v) is 4.38. The third kappa shape index (κ3) is 3.40. The topological polar surface area (TPSA) is 98.7 Å². The highest BCUT2D eigenvalue weighted by Gasteiger charge is 2.20. The maximum Gasteiger partial charge on any atom is 0.237 e. The molecule has 3 rings (SSSR count). The van der Waals surface area contributed by atoms with Crippen molar-refractivity contribution in [3.63, 3.8) is 0 Å². The molecule has 126 valence electrons. The number of carbonyl (C=O) groups is 1. The summed E-state index contributed by atoms with van der Waals surface area (Å²) in [6, 6.07) is 1.74. The lowest BCUT2D eigenvalue weighted by molar-refractivity contribution is -0.113. The molecule has 0 aromatic carbocycles. The molecule has 0 radical (unpaired) electrons. The summed E-state index contributed by atoms with van der Waals surface area (Å²) in [5.74, 6) is 0.360. The van der Waals surface area contributed by atoms with Crippen molar-refractivity contribution >= 4 is 34.6 Å². The van der Waals surface area contributed by atoms with Gasteiger partial charge >= 0.3 is 0 Å². The van der Waals surface area contributed by atoms with Gasteiger partial charge in [-0.3, -0.25) is 14.8 Å². The molecular formula is C15H18N6O2S. The van der Waals surface area contributed by atoms with Crippen molar-refractivity contribution in [2.45, 2.75) is 31.2 Å². The number of amides is 1. The van der Waals surface area contributed by atoms with Gasteiger partial charge in [0.2, 0.25) is 11.8 Å². The highest BCUT2D eigenvalue weighted by atomic mass is 32.2. The Morgan fingerprint density at radius 1 is 1.38 bits per heavy atom. The van der Waals surface area contributed by atoms with E-state index < -0.39 is 0 Å². The lowest BCUT2D eigenvalue weighted by Crippen LogP contribution is -2.14. The average molecular weight is 346 g/mol. The van der Waals surface area contributed by atoms with Crippen LogP contribution >= 0.6 is 11.8 Å². The molecule has 0 unspecified atom stereocenters. The van der Waals surface area contributed by atoms with Crippen LogP contribution in [0.5, 0.6) is 0 Å². The van der Waals surface area contributed by atoms with E-state index in [2.05, 4.69) is 25.5 Å². The standard InChI is InChI=1S/C15H18N6O2S/c1-15(2,3)10-5-12(23-20-10)19-11(22)7-24-14-9-6-18-21(4)13(9)16-8-17-14/h5-6,8H,7H2,1-4H3,(H,19,22). The molecule has 0 aliphatic rings. The minimum Gasteiger partial charge on any atom is -0.338 e. The number of aryl methyl sites for hydroxylation is 1. The van der Waals surface area contributed by atoms with Crippen LogP contribution in [0.1, 0.15) is 26.5 Å². The molecule has 3 heterocycles. The number of fused-ring (bicyclic) bond motifs is 1. The van der Waals surface area contributed by atoms with E-state index in [1.54, 1.807) is 16.9 Å². The quantitative estimate of drug-likeness (QED) is 0.572. The first-order chi connectivity index (χ1) is 11.3. The fourth-order valence-electron chi connectivity index (χ4n) is 2.05. The van der Waals surface area contributed by atoms with Crippen LogP contribution < -0.4 is 5.32 Å². The minimum absolute atomic E-state index is 0.131. The Morgan fingerprint density at radius 3 is 2.88 bits per heavy atom. The molecule has 9 heteroatoms. The maximum absolute atomic E-state index is 12.1. The molecule has 0 spiro atoms. The van der Waals surface area contributed by atoms with Crippen molar-refractivity contribution in [1.29, 1.82) is 0 Å². The number of anilines is 1. The Bertz CT molecular complexity index is 880. The first-order valence-electron chi connectivity index (χ1n) is 7.37. The predicted molar refractivity (Wildman–Crippen MR) is 90.9 cm³/mol. The molecule has 3 aromatic rings.